The summed E-state index contributed by atoms with van der Waals surface area (Å²) in [7, 11) is 1.77. The summed E-state index contributed by atoms with van der Waals surface area (Å²) >= 11 is 1.75. The summed E-state index contributed by atoms with van der Waals surface area (Å²) in [5.41, 5.74) is 3.38. The average Bonchev–Trinajstić information content (AvgIpc) is 3.04. The number of hydrogen-bond acceptors (Lipinski definition) is 4. The topological polar surface area (TPSA) is 71.3 Å². The number of benzene rings is 1. The first kappa shape index (κ1) is 24.1. The first-order chi connectivity index (χ1) is 14.0. The van der Waals surface area contributed by atoms with Crippen molar-refractivity contribution in [1.82, 2.24) is 20.2 Å². The van der Waals surface area contributed by atoms with Crippen molar-refractivity contribution in [2.24, 2.45) is 4.99 Å². The van der Waals surface area contributed by atoms with Crippen molar-refractivity contribution in [3.05, 3.63) is 85.7 Å². The predicted octanol–water partition coefficient (Wildman–Crippen LogP) is 3.50. The van der Waals surface area contributed by atoms with Gasteiger partial charge >= 0.3 is 0 Å². The van der Waals surface area contributed by atoms with Crippen LogP contribution in [-0.4, -0.2) is 29.1 Å². The number of nitrogens with zero attached hydrogens (tertiary/aromatic N) is 3. The largest absolute Gasteiger partial charge is 0.356 e. The Hall–Kier alpha value is -2.20. The fraction of sp³-hybridized carbons (Fsp3) is 0.318. The highest BCUT2D eigenvalue weighted by molar-refractivity contribution is 14.0. The van der Waals surface area contributed by atoms with Gasteiger partial charge in [0.1, 0.15) is 0 Å². The number of nitrogens with one attached hydrogen (secondary N) is 2. The Morgan fingerprint density at radius 2 is 1.83 bits per heavy atom. The van der Waals surface area contributed by atoms with E-state index in [0.29, 0.717) is 13.1 Å². The third kappa shape index (κ3) is 6.94. The summed E-state index contributed by atoms with van der Waals surface area (Å²) < 4.78 is 1.70. The van der Waals surface area contributed by atoms with Crippen LogP contribution in [0.15, 0.2) is 58.4 Å². The molecule has 0 aliphatic heterocycles. The molecule has 0 bridgehead atoms. The molecule has 0 radical (unpaired) electrons. The lowest BCUT2D eigenvalue weighted by molar-refractivity contribution is 0.757. The molecule has 0 aliphatic rings. The lowest BCUT2D eigenvalue weighted by atomic mass is 10.1. The van der Waals surface area contributed by atoms with E-state index in [4.69, 9.17) is 0 Å². The smallest absolute Gasteiger partial charge is 0.250 e. The summed E-state index contributed by atoms with van der Waals surface area (Å²) in [6.45, 7) is 6.20. The fourth-order valence-electron chi connectivity index (χ4n) is 2.89. The van der Waals surface area contributed by atoms with Crippen LogP contribution < -0.4 is 16.2 Å². The van der Waals surface area contributed by atoms with Gasteiger partial charge in [0.25, 0.3) is 5.56 Å². The molecule has 0 amide bonds. The van der Waals surface area contributed by atoms with E-state index in [1.807, 2.05) is 19.2 Å². The highest BCUT2D eigenvalue weighted by Crippen LogP contribution is 2.16. The average molecular weight is 537 g/mol. The molecule has 3 rings (SSSR count). The van der Waals surface area contributed by atoms with Crippen LogP contribution in [0.1, 0.15) is 26.7 Å². The van der Waals surface area contributed by atoms with Crippen molar-refractivity contribution in [2.45, 2.75) is 33.4 Å². The molecule has 1 aromatic carbocycles. The van der Waals surface area contributed by atoms with Crippen molar-refractivity contribution in [2.75, 3.05) is 13.6 Å². The third-order valence-corrected chi connectivity index (χ3v) is 5.80. The summed E-state index contributed by atoms with van der Waals surface area (Å²) in [5.74, 6) is 0.773. The number of aryl methyl sites for hydroxylation is 2. The van der Waals surface area contributed by atoms with Gasteiger partial charge < -0.3 is 15.2 Å². The van der Waals surface area contributed by atoms with Gasteiger partial charge in [0.05, 0.1) is 17.2 Å². The third-order valence-electron chi connectivity index (χ3n) is 4.66. The maximum Gasteiger partial charge on any atom is 0.250 e. The second-order valence-corrected chi connectivity index (χ2v) is 8.12. The SMILES string of the molecule is CN=C(NCCc1nc(C)c(C)s1)NCc1ccc(Cn2ccccc2=O)cc1.I. The molecule has 3 aromatic rings. The number of hydrogen-bond donors (Lipinski definition) is 2. The van der Waals surface area contributed by atoms with Gasteiger partial charge in [0.2, 0.25) is 0 Å². The van der Waals surface area contributed by atoms with Gasteiger partial charge in [-0.15, -0.1) is 35.3 Å². The molecular weight excluding hydrogens is 509 g/mol. The van der Waals surface area contributed by atoms with E-state index in [-0.39, 0.29) is 29.5 Å². The van der Waals surface area contributed by atoms with Crippen LogP contribution in [0, 0.1) is 13.8 Å². The molecule has 0 saturated heterocycles. The second kappa shape index (κ2) is 11.8. The molecule has 6 nitrogen and oxygen atoms in total. The normalized spacial score (nSPS) is 11.1. The summed E-state index contributed by atoms with van der Waals surface area (Å²) in [6, 6.07) is 13.5. The van der Waals surface area contributed by atoms with E-state index in [0.717, 1.165) is 40.8 Å². The quantitative estimate of drug-likeness (QED) is 0.275. The van der Waals surface area contributed by atoms with Crippen LogP contribution in [0.3, 0.4) is 0 Å². The van der Waals surface area contributed by atoms with Gasteiger partial charge in [-0.05, 0) is 31.0 Å². The minimum absolute atomic E-state index is 0. The zero-order chi connectivity index (χ0) is 20.6. The molecule has 0 unspecified atom stereocenters. The van der Waals surface area contributed by atoms with Gasteiger partial charge in [0.15, 0.2) is 5.96 Å². The minimum atomic E-state index is 0. The Morgan fingerprint density at radius 1 is 1.10 bits per heavy atom. The Balaban J connectivity index is 0.00000320. The molecule has 0 fully saturated rings. The molecule has 0 aliphatic carbocycles. The van der Waals surface area contributed by atoms with Crippen LogP contribution in [0.4, 0.5) is 0 Å². The molecule has 8 heteroatoms. The Kier molecular flexibility index (Phi) is 9.51. The molecule has 160 valence electrons. The Morgan fingerprint density at radius 3 is 2.47 bits per heavy atom. The Bertz CT molecular complexity index is 1010. The number of pyridine rings is 1. The first-order valence-electron chi connectivity index (χ1n) is 9.66. The van der Waals surface area contributed by atoms with Crippen LogP contribution in [0.5, 0.6) is 0 Å². The van der Waals surface area contributed by atoms with Gasteiger partial charge in [-0.2, -0.15) is 0 Å². The molecule has 2 heterocycles. The standard InChI is InChI=1S/C22H27N5OS.HI/c1-16-17(2)29-20(26-16)11-12-24-22(23-3)25-14-18-7-9-19(10-8-18)15-27-13-5-4-6-21(27)28;/h4-10,13H,11-12,14-15H2,1-3H3,(H2,23,24,25);1H. The van der Waals surface area contributed by atoms with Crippen molar-refractivity contribution in [3.8, 4) is 0 Å². The van der Waals surface area contributed by atoms with Crippen LogP contribution in [0.25, 0.3) is 0 Å². The molecule has 30 heavy (non-hydrogen) atoms. The van der Waals surface area contributed by atoms with E-state index < -0.39 is 0 Å². The number of aliphatic imine (C=N–C) groups is 1. The van der Waals surface area contributed by atoms with Crippen molar-refractivity contribution in [3.63, 3.8) is 0 Å². The zero-order valence-corrected chi connectivity index (χ0v) is 20.7. The van der Waals surface area contributed by atoms with Crippen molar-refractivity contribution >= 4 is 41.3 Å². The van der Waals surface area contributed by atoms with Gasteiger partial charge in [-0.1, -0.05) is 30.3 Å². The van der Waals surface area contributed by atoms with E-state index in [1.165, 1.54) is 4.88 Å². The van der Waals surface area contributed by atoms with E-state index in [9.17, 15) is 4.79 Å². The lowest BCUT2D eigenvalue weighted by Crippen LogP contribution is -2.37. The first-order valence-corrected chi connectivity index (χ1v) is 10.5. The Labute approximate surface area is 198 Å². The van der Waals surface area contributed by atoms with Gasteiger partial charge in [0, 0.05) is 43.7 Å². The van der Waals surface area contributed by atoms with E-state index >= 15 is 0 Å². The molecule has 2 aromatic heterocycles. The number of halogens is 1. The summed E-state index contributed by atoms with van der Waals surface area (Å²) in [4.78, 5) is 22.0. The van der Waals surface area contributed by atoms with Crippen LogP contribution in [-0.2, 0) is 19.5 Å². The van der Waals surface area contributed by atoms with E-state index in [2.05, 4.69) is 51.8 Å². The number of guanidine groups is 1. The summed E-state index contributed by atoms with van der Waals surface area (Å²) in [6.07, 6.45) is 2.69. The molecule has 2 N–H and O–H groups in total. The second-order valence-electron chi connectivity index (χ2n) is 6.84. The van der Waals surface area contributed by atoms with Gasteiger partial charge in [-0.25, -0.2) is 4.98 Å². The summed E-state index contributed by atoms with van der Waals surface area (Å²) in [5, 5.41) is 7.82. The van der Waals surface area contributed by atoms with Crippen LogP contribution >= 0.6 is 35.3 Å². The maximum absolute atomic E-state index is 11.8. The predicted molar refractivity (Wildman–Crippen MR) is 135 cm³/mol. The van der Waals surface area contributed by atoms with E-state index in [1.54, 1.807) is 35.1 Å². The minimum Gasteiger partial charge on any atom is -0.356 e. The fourth-order valence-corrected chi connectivity index (χ4v) is 3.82. The molecule has 0 spiro atoms. The van der Waals surface area contributed by atoms with Gasteiger partial charge in [-0.3, -0.25) is 9.79 Å². The maximum atomic E-state index is 11.8. The zero-order valence-electron chi connectivity index (χ0n) is 17.5. The van der Waals surface area contributed by atoms with Crippen LogP contribution in [0.2, 0.25) is 0 Å². The highest BCUT2D eigenvalue weighted by Gasteiger charge is 2.04. The highest BCUT2D eigenvalue weighted by atomic mass is 127. The number of thiazole rings is 1. The lowest BCUT2D eigenvalue weighted by Gasteiger charge is -2.12. The monoisotopic (exact) mass is 537 g/mol. The van der Waals surface area contributed by atoms with Crippen molar-refractivity contribution < 1.29 is 0 Å². The molecule has 0 saturated carbocycles. The number of rotatable bonds is 7. The molecular formula is C22H28IN5OS. The van der Waals surface area contributed by atoms with Crippen molar-refractivity contribution in [1.29, 1.82) is 0 Å². The number of aromatic nitrogens is 2. The molecule has 0 atom stereocenters.